The zero-order valence-electron chi connectivity index (χ0n) is 19.9. The maximum Gasteiger partial charge on any atom is 0.246 e. The topological polar surface area (TPSA) is 89.3 Å². The smallest absolute Gasteiger partial charge is 0.246 e. The second-order valence-electron chi connectivity index (χ2n) is 8.19. The highest BCUT2D eigenvalue weighted by Crippen LogP contribution is 2.27. The van der Waals surface area contributed by atoms with Gasteiger partial charge in [-0.25, -0.2) is 5.01 Å². The summed E-state index contributed by atoms with van der Waals surface area (Å²) in [4.78, 5) is 40.4. The number of benzene rings is 1. The zero-order valence-corrected chi connectivity index (χ0v) is 20.7. The number of hydrogen-bond donors (Lipinski definition) is 1. The van der Waals surface area contributed by atoms with Crippen molar-refractivity contribution in [3.8, 4) is 0 Å². The Morgan fingerprint density at radius 1 is 1.18 bits per heavy atom. The van der Waals surface area contributed by atoms with Crippen LogP contribution in [0.4, 0.5) is 0 Å². The van der Waals surface area contributed by atoms with Crippen LogP contribution in [-0.2, 0) is 27.5 Å². The molecule has 2 aliphatic heterocycles. The maximum atomic E-state index is 13.0. The van der Waals surface area contributed by atoms with Crippen molar-refractivity contribution < 1.29 is 18.8 Å². The molecule has 34 heavy (non-hydrogen) atoms. The molecule has 2 aromatic rings. The number of furan rings is 1. The fourth-order valence-electron chi connectivity index (χ4n) is 4.23. The molecule has 2 saturated heterocycles. The highest BCUT2D eigenvalue weighted by atomic mass is 32.2. The van der Waals surface area contributed by atoms with E-state index in [0.29, 0.717) is 18.7 Å². The molecule has 4 rings (SSSR count). The zero-order chi connectivity index (χ0) is 24.5. The second-order valence-corrected chi connectivity index (χ2v) is 9.18. The van der Waals surface area contributed by atoms with Gasteiger partial charge >= 0.3 is 0 Å². The van der Waals surface area contributed by atoms with E-state index in [1.54, 1.807) is 45.9 Å². The summed E-state index contributed by atoms with van der Waals surface area (Å²) in [5, 5.41) is 6.18. The fourth-order valence-corrected chi connectivity index (χ4v) is 4.69. The number of hydrogen-bond acceptors (Lipinski definition) is 7. The molecule has 10 heteroatoms. The van der Waals surface area contributed by atoms with Crippen LogP contribution < -0.4 is 5.32 Å². The fraction of sp³-hybridized carbons (Fsp3) is 0.458. The van der Waals surface area contributed by atoms with Gasteiger partial charge in [0.05, 0.1) is 25.9 Å². The summed E-state index contributed by atoms with van der Waals surface area (Å²) >= 11 is 1.63. The Labute approximate surface area is 205 Å². The van der Waals surface area contributed by atoms with Gasteiger partial charge in [-0.15, -0.1) is 0 Å². The summed E-state index contributed by atoms with van der Waals surface area (Å²) in [5.41, 5.74) is 1.33. The van der Waals surface area contributed by atoms with Gasteiger partial charge in [0, 0.05) is 13.6 Å². The van der Waals surface area contributed by atoms with Crippen molar-refractivity contribution in [1.82, 2.24) is 25.1 Å². The molecule has 1 N–H and O–H groups in total. The number of piperazine rings is 1. The molecule has 0 spiro atoms. The van der Waals surface area contributed by atoms with Crippen molar-refractivity contribution in [3.63, 3.8) is 0 Å². The number of fused-ring (bicyclic) bond motifs is 1. The van der Waals surface area contributed by atoms with E-state index in [1.165, 1.54) is 10.6 Å². The van der Waals surface area contributed by atoms with Crippen molar-refractivity contribution in [2.75, 3.05) is 39.2 Å². The third-order valence-electron chi connectivity index (χ3n) is 5.84. The summed E-state index contributed by atoms with van der Waals surface area (Å²) in [6.07, 6.45) is 4.33. The van der Waals surface area contributed by atoms with Gasteiger partial charge in [0.25, 0.3) is 0 Å². The molecular weight excluding hydrogens is 454 g/mol. The maximum absolute atomic E-state index is 13.0. The minimum absolute atomic E-state index is 0.0922. The van der Waals surface area contributed by atoms with Crippen LogP contribution in [0.1, 0.15) is 17.7 Å². The predicted octanol–water partition coefficient (Wildman–Crippen LogP) is 1.62. The van der Waals surface area contributed by atoms with Gasteiger partial charge in [0.2, 0.25) is 18.2 Å². The molecular formula is C24H33N5O4S. The molecule has 1 aromatic heterocycles. The van der Waals surface area contributed by atoms with Crippen LogP contribution in [0.5, 0.6) is 0 Å². The monoisotopic (exact) mass is 487 g/mol. The van der Waals surface area contributed by atoms with E-state index in [9.17, 15) is 14.4 Å². The first kappa shape index (κ1) is 25.8. The number of amides is 3. The first-order valence-electron chi connectivity index (χ1n) is 11.2. The lowest BCUT2D eigenvalue weighted by atomic mass is 10.0. The molecule has 2 aliphatic rings. The Kier molecular flexibility index (Phi) is 9.55. The molecule has 2 fully saturated rings. The molecule has 0 aliphatic carbocycles. The summed E-state index contributed by atoms with van der Waals surface area (Å²) in [7, 11) is 3.65. The van der Waals surface area contributed by atoms with E-state index < -0.39 is 12.2 Å². The van der Waals surface area contributed by atoms with Crippen molar-refractivity contribution in [2.24, 2.45) is 0 Å². The van der Waals surface area contributed by atoms with Crippen LogP contribution >= 0.6 is 11.8 Å². The molecule has 3 heterocycles. The highest BCUT2D eigenvalue weighted by molar-refractivity contribution is 7.98. The minimum atomic E-state index is -0.551. The lowest BCUT2D eigenvalue weighted by molar-refractivity contribution is -0.197. The average Bonchev–Trinajstić information content (AvgIpc) is 3.34. The first-order chi connectivity index (χ1) is 16.5. The molecule has 1 aromatic carbocycles. The molecule has 184 valence electrons. The van der Waals surface area contributed by atoms with Crippen LogP contribution in [0.15, 0.2) is 53.1 Å². The van der Waals surface area contributed by atoms with E-state index in [0.717, 1.165) is 18.7 Å². The molecule has 1 unspecified atom stereocenters. The van der Waals surface area contributed by atoms with E-state index in [1.807, 2.05) is 37.6 Å². The SMILES string of the molecule is CNCc1ccccc1.CSCC[C@H]1C(=O)N(Cc2ccco2)CC2N1C(=O)CN(C)N2C=O. The number of carbonyl (C=O) groups is 3. The Hall–Kier alpha value is -2.82. The quantitative estimate of drug-likeness (QED) is 0.566. The average molecular weight is 488 g/mol. The molecule has 0 radical (unpaired) electrons. The Morgan fingerprint density at radius 2 is 1.94 bits per heavy atom. The Bertz CT molecular complexity index is 927. The Balaban J connectivity index is 0.000000302. The van der Waals surface area contributed by atoms with Crippen molar-refractivity contribution in [1.29, 1.82) is 0 Å². The number of carbonyl (C=O) groups excluding carboxylic acids is 3. The van der Waals surface area contributed by atoms with E-state index >= 15 is 0 Å². The number of likely N-dealkylation sites (N-methyl/N-ethyl adjacent to an activating group) is 1. The molecule has 9 nitrogen and oxygen atoms in total. The second kappa shape index (κ2) is 12.6. The highest BCUT2D eigenvalue weighted by Gasteiger charge is 2.48. The lowest BCUT2D eigenvalue weighted by Crippen LogP contribution is -2.74. The normalized spacial score (nSPS) is 20.6. The Morgan fingerprint density at radius 3 is 2.56 bits per heavy atom. The van der Waals surface area contributed by atoms with E-state index in [-0.39, 0.29) is 24.9 Å². The third kappa shape index (κ3) is 6.19. The molecule has 3 amide bonds. The van der Waals surface area contributed by atoms with Gasteiger partial charge < -0.3 is 19.5 Å². The largest absolute Gasteiger partial charge is 0.467 e. The number of hydrazine groups is 1. The first-order valence-corrected chi connectivity index (χ1v) is 12.6. The van der Waals surface area contributed by atoms with Gasteiger partial charge in [-0.05, 0) is 43.2 Å². The summed E-state index contributed by atoms with van der Waals surface area (Å²) in [6, 6.07) is 13.4. The van der Waals surface area contributed by atoms with Crippen molar-refractivity contribution >= 4 is 30.0 Å². The summed E-state index contributed by atoms with van der Waals surface area (Å²) in [5.74, 6) is 1.23. The van der Waals surface area contributed by atoms with Crippen molar-refractivity contribution in [3.05, 3.63) is 60.1 Å². The molecule has 0 bridgehead atoms. The summed E-state index contributed by atoms with van der Waals surface area (Å²) in [6.45, 7) is 1.65. The van der Waals surface area contributed by atoms with E-state index in [2.05, 4.69) is 17.4 Å². The minimum Gasteiger partial charge on any atom is -0.467 e. The van der Waals surface area contributed by atoms with Gasteiger partial charge in [-0.1, -0.05) is 30.3 Å². The van der Waals surface area contributed by atoms with Crippen LogP contribution in [0, 0.1) is 0 Å². The number of rotatable bonds is 8. The third-order valence-corrected chi connectivity index (χ3v) is 6.49. The number of nitrogens with zero attached hydrogens (tertiary/aromatic N) is 4. The lowest BCUT2D eigenvalue weighted by Gasteiger charge is -2.53. The predicted molar refractivity (Wildman–Crippen MR) is 131 cm³/mol. The summed E-state index contributed by atoms with van der Waals surface area (Å²) < 4.78 is 5.36. The van der Waals surface area contributed by atoms with Crippen LogP contribution in [0.2, 0.25) is 0 Å². The number of thioether (sulfide) groups is 1. The standard InChI is InChI=1S/C16H22N4O4S.C8H11N/c1-17-10-15(22)20-13(5-7-25-2)16(23)18(8-12-4-3-6-24-12)9-14(20)19(17)11-21;1-9-7-8-5-3-2-4-6-8/h3-4,6,11,13-14H,5,7-10H2,1-2H3;2-6,9H,7H2,1H3/t13-,14?;/m0./s1. The van der Waals surface area contributed by atoms with Gasteiger partial charge in [-0.2, -0.15) is 11.8 Å². The van der Waals surface area contributed by atoms with Crippen LogP contribution in [0.3, 0.4) is 0 Å². The number of nitrogens with one attached hydrogen (secondary N) is 1. The van der Waals surface area contributed by atoms with E-state index in [4.69, 9.17) is 4.42 Å². The molecule has 2 atom stereocenters. The van der Waals surface area contributed by atoms with Crippen molar-refractivity contribution in [2.45, 2.75) is 31.7 Å². The van der Waals surface area contributed by atoms with Crippen LogP contribution in [-0.4, -0.2) is 89.4 Å². The van der Waals surface area contributed by atoms with Gasteiger partial charge in [0.1, 0.15) is 18.0 Å². The van der Waals surface area contributed by atoms with Gasteiger partial charge in [0.15, 0.2) is 0 Å². The molecule has 0 saturated carbocycles. The van der Waals surface area contributed by atoms with Gasteiger partial charge in [-0.3, -0.25) is 19.4 Å². The van der Waals surface area contributed by atoms with Crippen LogP contribution in [0.25, 0.3) is 0 Å².